The lowest BCUT2D eigenvalue weighted by Crippen LogP contribution is -2.15. The molecule has 0 bridgehead atoms. The summed E-state index contributed by atoms with van der Waals surface area (Å²) in [4.78, 5) is 13.2. The predicted molar refractivity (Wildman–Crippen MR) is 82.8 cm³/mol. The monoisotopic (exact) mass is 321 g/mol. The van der Waals surface area contributed by atoms with Crippen molar-refractivity contribution >= 4 is 29.2 Å². The van der Waals surface area contributed by atoms with Gasteiger partial charge in [0.2, 0.25) is 0 Å². The number of rotatable bonds is 3. The first-order valence-electron chi connectivity index (χ1n) is 6.54. The van der Waals surface area contributed by atoms with Gasteiger partial charge in [0.15, 0.2) is 0 Å². The molecule has 0 fully saturated rings. The Labute approximate surface area is 132 Å². The molecule has 1 heterocycles. The van der Waals surface area contributed by atoms with Crippen LogP contribution in [0.1, 0.15) is 27.0 Å². The molecule has 108 valence electrons. The molecule has 2 aromatic rings. The van der Waals surface area contributed by atoms with Crippen LogP contribution < -0.4 is 0 Å². The Kier molecular flexibility index (Phi) is 3.89. The maximum Gasteiger partial charge on any atom is 0.335 e. The minimum absolute atomic E-state index is 0.330. The molecule has 0 aromatic heterocycles. The SMILES string of the molecule is O=C(O)c1ccc2c(c1)CN(Cc1cc(Cl)ccc1Cl)C2. The zero-order chi connectivity index (χ0) is 15.0. The summed E-state index contributed by atoms with van der Waals surface area (Å²) in [7, 11) is 0. The minimum atomic E-state index is -0.894. The van der Waals surface area contributed by atoms with E-state index in [2.05, 4.69) is 4.90 Å². The highest BCUT2D eigenvalue weighted by atomic mass is 35.5. The highest BCUT2D eigenvalue weighted by molar-refractivity contribution is 6.33. The lowest BCUT2D eigenvalue weighted by Gasteiger charge is -2.16. The van der Waals surface area contributed by atoms with Crippen LogP contribution in [0.2, 0.25) is 10.0 Å². The molecule has 0 saturated heterocycles. The molecule has 1 N–H and O–H groups in total. The van der Waals surface area contributed by atoms with Crippen LogP contribution in [-0.4, -0.2) is 16.0 Å². The summed E-state index contributed by atoms with van der Waals surface area (Å²) in [6.07, 6.45) is 0. The Hall–Kier alpha value is -1.55. The smallest absolute Gasteiger partial charge is 0.335 e. The van der Waals surface area contributed by atoms with Crippen LogP contribution in [0.4, 0.5) is 0 Å². The number of halogens is 2. The van der Waals surface area contributed by atoms with E-state index in [9.17, 15) is 4.79 Å². The Balaban J connectivity index is 1.78. The summed E-state index contributed by atoms with van der Waals surface area (Å²) in [6.45, 7) is 2.20. The van der Waals surface area contributed by atoms with Crippen molar-refractivity contribution in [1.82, 2.24) is 4.90 Å². The standard InChI is InChI=1S/C16H13Cl2NO2/c17-14-3-4-15(18)13(6-14)9-19-7-11-2-1-10(16(20)21)5-12(11)8-19/h1-6H,7-9H2,(H,20,21). The maximum atomic E-state index is 11.0. The van der Waals surface area contributed by atoms with Crippen molar-refractivity contribution in [3.05, 3.63) is 68.7 Å². The Bertz CT molecular complexity index is 715. The summed E-state index contributed by atoms with van der Waals surface area (Å²) in [5.41, 5.74) is 3.54. The second-order valence-electron chi connectivity index (χ2n) is 5.17. The topological polar surface area (TPSA) is 40.5 Å². The maximum absolute atomic E-state index is 11.0. The highest BCUT2D eigenvalue weighted by Crippen LogP contribution is 2.28. The largest absolute Gasteiger partial charge is 0.478 e. The predicted octanol–water partition coefficient (Wildman–Crippen LogP) is 4.21. The van der Waals surface area contributed by atoms with Crippen LogP contribution in [0.25, 0.3) is 0 Å². The Morgan fingerprint density at radius 3 is 2.62 bits per heavy atom. The van der Waals surface area contributed by atoms with Gasteiger partial charge in [-0.2, -0.15) is 0 Å². The molecule has 2 aromatic carbocycles. The van der Waals surface area contributed by atoms with Gasteiger partial charge in [-0.15, -0.1) is 0 Å². The molecule has 5 heteroatoms. The van der Waals surface area contributed by atoms with Crippen LogP contribution in [0.3, 0.4) is 0 Å². The fourth-order valence-electron chi connectivity index (χ4n) is 2.62. The second-order valence-corrected chi connectivity index (χ2v) is 6.01. The van der Waals surface area contributed by atoms with Gasteiger partial charge in [0.1, 0.15) is 0 Å². The third-order valence-electron chi connectivity index (χ3n) is 3.64. The fraction of sp³-hybridized carbons (Fsp3) is 0.188. The summed E-state index contributed by atoms with van der Waals surface area (Å²) in [6, 6.07) is 10.7. The van der Waals surface area contributed by atoms with E-state index in [1.165, 1.54) is 0 Å². The first-order chi connectivity index (χ1) is 10.0. The van der Waals surface area contributed by atoms with Crippen LogP contribution in [-0.2, 0) is 19.6 Å². The number of nitrogens with zero attached hydrogens (tertiary/aromatic N) is 1. The summed E-state index contributed by atoms with van der Waals surface area (Å²) >= 11 is 12.2. The molecule has 0 amide bonds. The number of carbonyl (C=O) groups is 1. The fourth-order valence-corrected chi connectivity index (χ4v) is 2.99. The van der Waals surface area contributed by atoms with E-state index in [4.69, 9.17) is 28.3 Å². The number of fused-ring (bicyclic) bond motifs is 1. The summed E-state index contributed by atoms with van der Waals surface area (Å²) in [5, 5.41) is 10.4. The summed E-state index contributed by atoms with van der Waals surface area (Å²) < 4.78 is 0. The molecule has 3 nitrogen and oxygen atoms in total. The van der Waals surface area contributed by atoms with E-state index < -0.39 is 5.97 Å². The molecule has 1 aliphatic heterocycles. The Morgan fingerprint density at radius 1 is 1.10 bits per heavy atom. The molecular formula is C16H13Cl2NO2. The highest BCUT2D eigenvalue weighted by Gasteiger charge is 2.21. The van der Waals surface area contributed by atoms with E-state index in [0.29, 0.717) is 22.2 Å². The minimum Gasteiger partial charge on any atom is -0.478 e. The normalized spacial score (nSPS) is 14.2. The van der Waals surface area contributed by atoms with Crippen molar-refractivity contribution in [2.24, 2.45) is 0 Å². The van der Waals surface area contributed by atoms with E-state index in [1.54, 1.807) is 24.3 Å². The van der Waals surface area contributed by atoms with E-state index >= 15 is 0 Å². The Morgan fingerprint density at radius 2 is 1.86 bits per heavy atom. The number of benzene rings is 2. The van der Waals surface area contributed by atoms with Crippen molar-refractivity contribution in [3.8, 4) is 0 Å². The lowest BCUT2D eigenvalue weighted by atomic mass is 10.1. The molecule has 1 aliphatic rings. The average Bonchev–Trinajstić information content (AvgIpc) is 2.84. The van der Waals surface area contributed by atoms with Crippen molar-refractivity contribution in [2.75, 3.05) is 0 Å². The van der Waals surface area contributed by atoms with Gasteiger partial charge in [0, 0.05) is 29.7 Å². The molecule has 0 radical (unpaired) electrons. The number of carboxylic acid groups (broad SMARTS) is 1. The van der Waals surface area contributed by atoms with E-state index in [1.807, 2.05) is 12.1 Å². The molecule has 0 aliphatic carbocycles. The molecule has 0 spiro atoms. The zero-order valence-electron chi connectivity index (χ0n) is 11.1. The van der Waals surface area contributed by atoms with Crippen molar-refractivity contribution in [2.45, 2.75) is 19.6 Å². The van der Waals surface area contributed by atoms with Crippen LogP contribution >= 0.6 is 23.2 Å². The van der Waals surface area contributed by atoms with Gasteiger partial charge in [0.05, 0.1) is 5.56 Å². The molecule has 0 saturated carbocycles. The van der Waals surface area contributed by atoms with Gasteiger partial charge in [-0.3, -0.25) is 4.90 Å². The van der Waals surface area contributed by atoms with E-state index in [-0.39, 0.29) is 0 Å². The number of aromatic carboxylic acids is 1. The molecule has 21 heavy (non-hydrogen) atoms. The third kappa shape index (κ3) is 3.05. The average molecular weight is 322 g/mol. The first-order valence-corrected chi connectivity index (χ1v) is 7.30. The zero-order valence-corrected chi connectivity index (χ0v) is 12.7. The van der Waals surface area contributed by atoms with Crippen molar-refractivity contribution in [3.63, 3.8) is 0 Å². The van der Waals surface area contributed by atoms with Gasteiger partial charge in [0.25, 0.3) is 0 Å². The third-order valence-corrected chi connectivity index (χ3v) is 4.25. The van der Waals surface area contributed by atoms with Crippen LogP contribution in [0.15, 0.2) is 36.4 Å². The molecule has 3 rings (SSSR count). The lowest BCUT2D eigenvalue weighted by molar-refractivity contribution is 0.0696. The summed E-state index contributed by atoms with van der Waals surface area (Å²) in [5.74, 6) is -0.894. The molecule has 0 atom stereocenters. The van der Waals surface area contributed by atoms with Gasteiger partial charge >= 0.3 is 5.97 Å². The van der Waals surface area contributed by atoms with Crippen molar-refractivity contribution < 1.29 is 9.90 Å². The first kappa shape index (κ1) is 14.4. The van der Waals surface area contributed by atoms with Crippen LogP contribution in [0.5, 0.6) is 0 Å². The second kappa shape index (κ2) is 5.68. The number of hydrogen-bond donors (Lipinski definition) is 1. The van der Waals surface area contributed by atoms with Gasteiger partial charge in [-0.05, 0) is 47.0 Å². The molecule has 0 unspecified atom stereocenters. The number of hydrogen-bond acceptors (Lipinski definition) is 2. The quantitative estimate of drug-likeness (QED) is 0.920. The molecular weight excluding hydrogens is 309 g/mol. The van der Waals surface area contributed by atoms with Gasteiger partial charge < -0.3 is 5.11 Å². The van der Waals surface area contributed by atoms with Crippen LogP contribution in [0, 0.1) is 0 Å². The van der Waals surface area contributed by atoms with Gasteiger partial charge in [-0.25, -0.2) is 4.79 Å². The van der Waals surface area contributed by atoms with Crippen molar-refractivity contribution in [1.29, 1.82) is 0 Å². The van der Waals surface area contributed by atoms with E-state index in [0.717, 1.165) is 29.8 Å². The number of carboxylic acids is 1. The van der Waals surface area contributed by atoms with Gasteiger partial charge in [-0.1, -0.05) is 29.3 Å².